The van der Waals surface area contributed by atoms with Crippen molar-refractivity contribution >= 4 is 17.8 Å². The van der Waals surface area contributed by atoms with Crippen LogP contribution in [0.25, 0.3) is 10.4 Å². The Kier molecular flexibility index (Phi) is 9.67. The van der Waals surface area contributed by atoms with Crippen LogP contribution in [0.4, 0.5) is 0 Å². The highest BCUT2D eigenvalue weighted by atomic mass is 16.4. The zero-order chi connectivity index (χ0) is 21.8. The molecule has 1 saturated carbocycles. The highest BCUT2D eigenvalue weighted by Gasteiger charge is 2.28. The Hall–Kier alpha value is -3.06. The average Bonchev–Trinajstić information content (AvgIpc) is 2.75. The van der Waals surface area contributed by atoms with Gasteiger partial charge in [-0.1, -0.05) is 35.4 Å². The van der Waals surface area contributed by atoms with Gasteiger partial charge in [0.25, 0.3) is 0 Å². The van der Waals surface area contributed by atoms with Crippen molar-refractivity contribution in [3.8, 4) is 0 Å². The summed E-state index contributed by atoms with van der Waals surface area (Å²) in [6, 6.07) is 9.19. The Balaban J connectivity index is 1.68. The van der Waals surface area contributed by atoms with Crippen LogP contribution in [0.3, 0.4) is 0 Å². The predicted octanol–water partition coefficient (Wildman–Crippen LogP) is 2.81. The first-order valence-electron chi connectivity index (χ1n) is 10.3. The fourth-order valence-electron chi connectivity index (χ4n) is 3.70. The molecule has 2 amide bonds. The first-order valence-corrected chi connectivity index (χ1v) is 10.3. The molecule has 9 nitrogen and oxygen atoms in total. The molecule has 1 aliphatic carbocycles. The van der Waals surface area contributed by atoms with E-state index in [2.05, 4.69) is 20.7 Å². The molecule has 0 bridgehead atoms. The summed E-state index contributed by atoms with van der Waals surface area (Å²) in [6.07, 6.45) is 3.93. The van der Waals surface area contributed by atoms with E-state index in [1.165, 1.54) is 0 Å². The van der Waals surface area contributed by atoms with Gasteiger partial charge in [0.1, 0.15) is 0 Å². The monoisotopic (exact) mass is 415 g/mol. The van der Waals surface area contributed by atoms with Crippen molar-refractivity contribution in [3.05, 3.63) is 46.3 Å². The summed E-state index contributed by atoms with van der Waals surface area (Å²) in [6.45, 7) is 0.527. The largest absolute Gasteiger partial charge is 0.481 e. The number of hydrogen-bond donors (Lipinski definition) is 3. The van der Waals surface area contributed by atoms with Crippen LogP contribution >= 0.6 is 0 Å². The molecule has 162 valence electrons. The van der Waals surface area contributed by atoms with Gasteiger partial charge in [-0.2, -0.15) is 0 Å². The van der Waals surface area contributed by atoms with Gasteiger partial charge < -0.3 is 15.7 Å². The van der Waals surface area contributed by atoms with Crippen molar-refractivity contribution in [2.75, 3.05) is 13.1 Å². The number of nitrogens with zero attached hydrogens (tertiary/aromatic N) is 3. The van der Waals surface area contributed by atoms with Crippen LogP contribution in [0.2, 0.25) is 0 Å². The van der Waals surface area contributed by atoms with Crippen LogP contribution in [0.5, 0.6) is 0 Å². The number of azide groups is 1. The molecular formula is C21H29N5O4. The molecule has 30 heavy (non-hydrogen) atoms. The molecule has 1 aromatic rings. The lowest BCUT2D eigenvalue weighted by atomic mass is 9.81. The summed E-state index contributed by atoms with van der Waals surface area (Å²) in [5.41, 5.74) is 9.55. The van der Waals surface area contributed by atoms with Gasteiger partial charge in [-0.25, -0.2) is 0 Å². The first kappa shape index (κ1) is 23.2. The van der Waals surface area contributed by atoms with Gasteiger partial charge in [0.15, 0.2) is 0 Å². The van der Waals surface area contributed by atoms with E-state index >= 15 is 0 Å². The molecule has 0 heterocycles. The normalized spacial score (nSPS) is 19.2. The Morgan fingerprint density at radius 3 is 2.50 bits per heavy atom. The lowest BCUT2D eigenvalue weighted by Gasteiger charge is -2.29. The van der Waals surface area contributed by atoms with Gasteiger partial charge >= 0.3 is 5.97 Å². The Morgan fingerprint density at radius 1 is 1.17 bits per heavy atom. The smallest absolute Gasteiger partial charge is 0.305 e. The summed E-state index contributed by atoms with van der Waals surface area (Å²) in [5.74, 6) is -1.06. The van der Waals surface area contributed by atoms with E-state index in [1.807, 2.05) is 30.3 Å². The van der Waals surface area contributed by atoms with E-state index in [0.717, 1.165) is 18.4 Å². The quantitative estimate of drug-likeness (QED) is 0.290. The lowest BCUT2D eigenvalue weighted by Crippen LogP contribution is -2.43. The molecule has 2 rings (SSSR count). The Morgan fingerprint density at radius 2 is 1.87 bits per heavy atom. The van der Waals surface area contributed by atoms with Crippen molar-refractivity contribution in [1.29, 1.82) is 0 Å². The number of carboxylic acids is 1. The van der Waals surface area contributed by atoms with E-state index in [-0.39, 0.29) is 30.7 Å². The van der Waals surface area contributed by atoms with Gasteiger partial charge in [0.2, 0.25) is 11.8 Å². The molecule has 1 aliphatic rings. The summed E-state index contributed by atoms with van der Waals surface area (Å²) in [5, 5.41) is 18.0. The number of benzene rings is 1. The zero-order valence-corrected chi connectivity index (χ0v) is 17.0. The second-order valence-corrected chi connectivity index (χ2v) is 7.72. The molecule has 9 heteroatoms. The topological polar surface area (TPSA) is 144 Å². The zero-order valence-electron chi connectivity index (χ0n) is 17.0. The number of rotatable bonds is 11. The number of aliphatic carboxylic acids is 1. The summed E-state index contributed by atoms with van der Waals surface area (Å²) in [4.78, 5) is 38.0. The van der Waals surface area contributed by atoms with E-state index < -0.39 is 12.0 Å². The maximum absolute atomic E-state index is 12.4. The van der Waals surface area contributed by atoms with Gasteiger partial charge in [-0.05, 0) is 49.1 Å². The lowest BCUT2D eigenvalue weighted by molar-refractivity contribution is -0.138. The number of carbonyl (C=O) groups excluding carboxylic acids is 2. The maximum Gasteiger partial charge on any atom is 0.305 e. The second kappa shape index (κ2) is 12.5. The minimum Gasteiger partial charge on any atom is -0.481 e. The second-order valence-electron chi connectivity index (χ2n) is 7.72. The number of amides is 2. The SMILES string of the molecule is [N-]=[N+]=NC[C@H](CC(=O)O)NC(=O)C1CCC(CNC(=O)CCc2ccccc2)CC1. The third kappa shape index (κ3) is 8.53. The Bertz CT molecular complexity index is 752. The minimum absolute atomic E-state index is 0.0354. The van der Waals surface area contributed by atoms with Crippen LogP contribution in [-0.4, -0.2) is 42.0 Å². The molecule has 0 radical (unpaired) electrons. The minimum atomic E-state index is -1.06. The molecule has 1 fully saturated rings. The molecule has 0 saturated heterocycles. The van der Waals surface area contributed by atoms with Crippen molar-refractivity contribution in [2.45, 2.75) is 51.0 Å². The summed E-state index contributed by atoms with van der Waals surface area (Å²) < 4.78 is 0. The fraction of sp³-hybridized carbons (Fsp3) is 0.571. The predicted molar refractivity (Wildman–Crippen MR) is 111 cm³/mol. The molecular weight excluding hydrogens is 386 g/mol. The Labute approximate surface area is 175 Å². The van der Waals surface area contributed by atoms with Gasteiger partial charge in [-0.3, -0.25) is 14.4 Å². The van der Waals surface area contributed by atoms with Crippen molar-refractivity contribution in [2.24, 2.45) is 17.0 Å². The number of aryl methyl sites for hydroxylation is 1. The van der Waals surface area contributed by atoms with Gasteiger partial charge in [0, 0.05) is 36.4 Å². The highest BCUT2D eigenvalue weighted by Crippen LogP contribution is 2.28. The molecule has 3 N–H and O–H groups in total. The van der Waals surface area contributed by atoms with Crippen LogP contribution in [-0.2, 0) is 20.8 Å². The summed E-state index contributed by atoms with van der Waals surface area (Å²) >= 11 is 0. The first-order chi connectivity index (χ1) is 14.5. The fourth-order valence-corrected chi connectivity index (χ4v) is 3.70. The molecule has 1 aromatic carbocycles. The van der Waals surface area contributed by atoms with Crippen molar-refractivity contribution in [3.63, 3.8) is 0 Å². The number of nitrogens with one attached hydrogen (secondary N) is 2. The van der Waals surface area contributed by atoms with Gasteiger partial charge in [-0.15, -0.1) is 0 Å². The van der Waals surface area contributed by atoms with E-state index in [4.69, 9.17) is 10.6 Å². The number of hydrogen-bond acceptors (Lipinski definition) is 4. The third-order valence-corrected chi connectivity index (χ3v) is 5.42. The molecule has 0 aliphatic heterocycles. The molecule has 1 atom stereocenters. The highest BCUT2D eigenvalue weighted by molar-refractivity contribution is 5.80. The standard InChI is InChI=1S/C21H29N5O4/c22-26-24-14-18(12-20(28)29)25-21(30)17-9-6-16(7-10-17)13-23-19(27)11-8-15-4-2-1-3-5-15/h1-5,16-18H,6-14H2,(H,23,27)(H,25,30)(H,28,29)/t16?,17?,18-/m0/s1. The van der Waals surface area contributed by atoms with E-state index in [9.17, 15) is 14.4 Å². The van der Waals surface area contributed by atoms with Crippen molar-refractivity contribution in [1.82, 2.24) is 10.6 Å². The van der Waals surface area contributed by atoms with Crippen LogP contribution < -0.4 is 10.6 Å². The van der Waals surface area contributed by atoms with E-state index in [0.29, 0.717) is 38.1 Å². The average molecular weight is 415 g/mol. The van der Waals surface area contributed by atoms with Crippen LogP contribution in [0, 0.1) is 11.8 Å². The van der Waals surface area contributed by atoms with Crippen LogP contribution in [0.1, 0.15) is 44.1 Å². The molecule has 0 spiro atoms. The number of carboxylic acid groups (broad SMARTS) is 1. The van der Waals surface area contributed by atoms with Gasteiger partial charge in [0.05, 0.1) is 6.42 Å². The summed E-state index contributed by atoms with van der Waals surface area (Å²) in [7, 11) is 0. The number of carbonyl (C=O) groups is 3. The molecule has 0 unspecified atom stereocenters. The van der Waals surface area contributed by atoms with E-state index in [1.54, 1.807) is 0 Å². The maximum atomic E-state index is 12.4. The molecule has 0 aromatic heterocycles. The third-order valence-electron chi connectivity index (χ3n) is 5.42. The van der Waals surface area contributed by atoms with Crippen molar-refractivity contribution < 1.29 is 19.5 Å². The van der Waals surface area contributed by atoms with Crippen LogP contribution in [0.15, 0.2) is 35.4 Å².